The summed E-state index contributed by atoms with van der Waals surface area (Å²) in [4.78, 5) is 21.9. The molecular formula is C11H17NO3. The van der Waals surface area contributed by atoms with Crippen molar-refractivity contribution in [3.8, 4) is 12.3 Å². The van der Waals surface area contributed by atoms with Crippen LogP contribution in [0.25, 0.3) is 0 Å². The van der Waals surface area contributed by atoms with Gasteiger partial charge in [-0.2, -0.15) is 0 Å². The van der Waals surface area contributed by atoms with E-state index in [4.69, 9.17) is 11.5 Å². The average Bonchev–Trinajstić information content (AvgIpc) is 2.13. The summed E-state index contributed by atoms with van der Waals surface area (Å²) in [5, 5.41) is 11.4. The number of hydrogen-bond acceptors (Lipinski definition) is 2. The number of carbonyl (C=O) groups is 2. The van der Waals surface area contributed by atoms with Gasteiger partial charge in [-0.15, -0.1) is 12.3 Å². The van der Waals surface area contributed by atoms with Crippen molar-refractivity contribution >= 4 is 11.9 Å². The maximum atomic E-state index is 11.2. The van der Waals surface area contributed by atoms with Crippen LogP contribution in [0, 0.1) is 24.2 Å². The molecule has 0 spiro atoms. The number of carboxylic acid groups (broad SMARTS) is 1. The van der Waals surface area contributed by atoms with Gasteiger partial charge in [-0.3, -0.25) is 9.59 Å². The summed E-state index contributed by atoms with van der Waals surface area (Å²) in [5.41, 5.74) is 0. The van der Waals surface area contributed by atoms with Crippen LogP contribution in [0.3, 0.4) is 0 Å². The van der Waals surface area contributed by atoms with Crippen LogP contribution in [-0.2, 0) is 9.59 Å². The summed E-state index contributed by atoms with van der Waals surface area (Å²) in [6, 6.07) is 0. The normalized spacial score (nSPS) is 11.9. The van der Waals surface area contributed by atoms with Crippen LogP contribution in [0.5, 0.6) is 0 Å². The second kappa shape index (κ2) is 6.88. The molecule has 0 aliphatic carbocycles. The van der Waals surface area contributed by atoms with E-state index < -0.39 is 11.9 Å². The fourth-order valence-corrected chi connectivity index (χ4v) is 1.11. The zero-order chi connectivity index (χ0) is 11.8. The van der Waals surface area contributed by atoms with Gasteiger partial charge in [0.25, 0.3) is 0 Å². The third-order valence-electron chi connectivity index (χ3n) is 2.14. The number of aliphatic carboxylic acids is 1. The maximum Gasteiger partial charge on any atom is 0.308 e. The van der Waals surface area contributed by atoms with E-state index in [1.165, 1.54) is 0 Å². The van der Waals surface area contributed by atoms with E-state index in [0.29, 0.717) is 6.42 Å². The predicted octanol–water partition coefficient (Wildman–Crippen LogP) is 0.873. The molecule has 4 nitrogen and oxygen atoms in total. The molecule has 0 aromatic heterocycles. The first kappa shape index (κ1) is 13.5. The van der Waals surface area contributed by atoms with E-state index in [1.54, 1.807) is 0 Å². The summed E-state index contributed by atoms with van der Waals surface area (Å²) >= 11 is 0. The first-order valence-corrected chi connectivity index (χ1v) is 4.92. The molecule has 0 rings (SSSR count). The fraction of sp³-hybridized carbons (Fsp3) is 0.636. The Morgan fingerprint density at radius 2 is 2.07 bits per heavy atom. The minimum Gasteiger partial charge on any atom is -0.481 e. The minimum atomic E-state index is -0.887. The molecule has 1 amide bonds. The number of rotatable bonds is 6. The number of carbonyl (C=O) groups excluding carboxylic acids is 1. The lowest BCUT2D eigenvalue weighted by atomic mass is 9.96. The Bertz CT molecular complexity index is 265. The van der Waals surface area contributed by atoms with Gasteiger partial charge in [0, 0.05) is 19.4 Å². The summed E-state index contributed by atoms with van der Waals surface area (Å²) in [5.74, 6) is 0.727. The molecule has 1 atom stereocenters. The first-order chi connectivity index (χ1) is 6.99. The van der Waals surface area contributed by atoms with Crippen LogP contribution in [0.4, 0.5) is 0 Å². The van der Waals surface area contributed by atoms with Gasteiger partial charge in [0.15, 0.2) is 0 Å². The third-order valence-corrected chi connectivity index (χ3v) is 2.14. The van der Waals surface area contributed by atoms with Crippen LogP contribution < -0.4 is 5.32 Å². The Kier molecular flexibility index (Phi) is 6.19. The molecule has 0 heterocycles. The van der Waals surface area contributed by atoms with E-state index in [1.807, 2.05) is 13.8 Å². The largest absolute Gasteiger partial charge is 0.481 e. The lowest BCUT2D eigenvalue weighted by Gasteiger charge is -2.16. The molecular weight excluding hydrogens is 194 g/mol. The number of carboxylic acids is 1. The zero-order valence-electron chi connectivity index (χ0n) is 9.12. The van der Waals surface area contributed by atoms with Crippen molar-refractivity contribution in [2.24, 2.45) is 11.8 Å². The minimum absolute atomic E-state index is 0.00423. The molecule has 0 aliphatic rings. The van der Waals surface area contributed by atoms with Crippen LogP contribution in [-0.4, -0.2) is 23.5 Å². The van der Waals surface area contributed by atoms with Gasteiger partial charge in [0.2, 0.25) is 5.91 Å². The molecule has 4 heteroatoms. The molecule has 0 saturated carbocycles. The number of nitrogens with one attached hydrogen (secondary N) is 1. The summed E-state index contributed by atoms with van der Waals surface area (Å²) in [6.45, 7) is 3.79. The molecule has 0 saturated heterocycles. The standard InChI is InChI=1S/C11H17NO3/c1-4-5-6-10(13)12-7-9(8(2)3)11(14)15/h1,8-9H,5-7H2,2-3H3,(H,12,13)(H,14,15). The van der Waals surface area contributed by atoms with E-state index in [-0.39, 0.29) is 24.8 Å². The van der Waals surface area contributed by atoms with E-state index >= 15 is 0 Å². The highest BCUT2D eigenvalue weighted by atomic mass is 16.4. The van der Waals surface area contributed by atoms with Crippen molar-refractivity contribution in [3.05, 3.63) is 0 Å². The number of terminal acetylenes is 1. The van der Waals surface area contributed by atoms with Crippen LogP contribution >= 0.6 is 0 Å². The van der Waals surface area contributed by atoms with Gasteiger partial charge in [0.05, 0.1) is 5.92 Å². The van der Waals surface area contributed by atoms with Gasteiger partial charge in [-0.1, -0.05) is 13.8 Å². The Balaban J connectivity index is 3.96. The van der Waals surface area contributed by atoms with Gasteiger partial charge < -0.3 is 10.4 Å². The Labute approximate surface area is 90.1 Å². The summed E-state index contributed by atoms with van der Waals surface area (Å²) in [6.07, 6.45) is 5.64. The SMILES string of the molecule is C#CCCC(=O)NCC(C(=O)O)C(C)C. The molecule has 2 N–H and O–H groups in total. The smallest absolute Gasteiger partial charge is 0.308 e. The average molecular weight is 211 g/mol. The van der Waals surface area contributed by atoms with Crippen molar-refractivity contribution in [1.82, 2.24) is 5.32 Å². The predicted molar refractivity (Wildman–Crippen MR) is 57.0 cm³/mol. The van der Waals surface area contributed by atoms with Crippen LogP contribution in [0.15, 0.2) is 0 Å². The fourth-order valence-electron chi connectivity index (χ4n) is 1.11. The van der Waals surface area contributed by atoms with Gasteiger partial charge in [-0.05, 0) is 5.92 Å². The topological polar surface area (TPSA) is 66.4 Å². The highest BCUT2D eigenvalue weighted by molar-refractivity contribution is 5.77. The second-order valence-corrected chi connectivity index (χ2v) is 3.70. The number of amides is 1. The van der Waals surface area contributed by atoms with Gasteiger partial charge >= 0.3 is 5.97 Å². The van der Waals surface area contributed by atoms with Crippen molar-refractivity contribution in [2.75, 3.05) is 6.54 Å². The molecule has 0 fully saturated rings. The van der Waals surface area contributed by atoms with Crippen molar-refractivity contribution in [2.45, 2.75) is 26.7 Å². The van der Waals surface area contributed by atoms with Crippen molar-refractivity contribution in [1.29, 1.82) is 0 Å². The monoisotopic (exact) mass is 211 g/mol. The van der Waals surface area contributed by atoms with E-state index in [0.717, 1.165) is 0 Å². The Morgan fingerprint density at radius 3 is 2.47 bits per heavy atom. The van der Waals surface area contributed by atoms with Crippen molar-refractivity contribution in [3.63, 3.8) is 0 Å². The highest BCUT2D eigenvalue weighted by Gasteiger charge is 2.21. The molecule has 84 valence electrons. The second-order valence-electron chi connectivity index (χ2n) is 3.70. The molecule has 0 radical (unpaired) electrons. The molecule has 1 unspecified atom stereocenters. The van der Waals surface area contributed by atoms with Crippen LogP contribution in [0.1, 0.15) is 26.7 Å². The Hall–Kier alpha value is -1.50. The van der Waals surface area contributed by atoms with Crippen molar-refractivity contribution < 1.29 is 14.7 Å². The zero-order valence-corrected chi connectivity index (χ0v) is 9.12. The maximum absolute atomic E-state index is 11.2. The third kappa shape index (κ3) is 5.74. The van der Waals surface area contributed by atoms with E-state index in [9.17, 15) is 9.59 Å². The van der Waals surface area contributed by atoms with Gasteiger partial charge in [0.1, 0.15) is 0 Å². The van der Waals surface area contributed by atoms with Gasteiger partial charge in [-0.25, -0.2) is 0 Å². The molecule has 0 bridgehead atoms. The van der Waals surface area contributed by atoms with Crippen LogP contribution in [0.2, 0.25) is 0 Å². The Morgan fingerprint density at radius 1 is 1.47 bits per heavy atom. The summed E-state index contributed by atoms with van der Waals surface area (Å²) < 4.78 is 0. The first-order valence-electron chi connectivity index (χ1n) is 4.92. The van der Waals surface area contributed by atoms with E-state index in [2.05, 4.69) is 11.2 Å². The molecule has 0 aliphatic heterocycles. The lowest BCUT2D eigenvalue weighted by Crippen LogP contribution is -2.35. The quantitative estimate of drug-likeness (QED) is 0.641. The number of hydrogen-bond donors (Lipinski definition) is 2. The molecule has 15 heavy (non-hydrogen) atoms. The highest BCUT2D eigenvalue weighted by Crippen LogP contribution is 2.09. The summed E-state index contributed by atoms with van der Waals surface area (Å²) in [7, 11) is 0. The molecule has 0 aromatic carbocycles. The lowest BCUT2D eigenvalue weighted by molar-refractivity contribution is -0.143. The molecule has 0 aromatic rings.